The van der Waals surface area contributed by atoms with Gasteiger partial charge < -0.3 is 10.1 Å². The lowest BCUT2D eigenvalue weighted by molar-refractivity contribution is -0.146. The summed E-state index contributed by atoms with van der Waals surface area (Å²) < 4.78 is 18.7. The number of rotatable bonds is 5. The maximum absolute atomic E-state index is 13.5. The smallest absolute Gasteiger partial charge is 0.357 e. The highest BCUT2D eigenvalue weighted by Gasteiger charge is 2.23. The molecule has 0 aliphatic rings. The van der Waals surface area contributed by atoms with Crippen molar-refractivity contribution in [2.45, 2.75) is 60.6 Å². The van der Waals surface area contributed by atoms with Crippen molar-refractivity contribution < 1.29 is 13.9 Å². The highest BCUT2D eigenvalue weighted by molar-refractivity contribution is 6.43. The lowest BCUT2D eigenvalue weighted by atomic mass is 10.1. The van der Waals surface area contributed by atoms with Gasteiger partial charge in [-0.3, -0.25) is 5.41 Å². The zero-order chi connectivity index (χ0) is 22.6. The maximum atomic E-state index is 13.5. The monoisotopic (exact) mass is 423 g/mol. The average Bonchev–Trinajstić information content (AvgIpc) is 2.69. The molecule has 1 aromatic carbocycles. The van der Waals surface area contributed by atoms with Gasteiger partial charge in [-0.1, -0.05) is 51.4 Å². The van der Waals surface area contributed by atoms with Gasteiger partial charge in [0.1, 0.15) is 11.4 Å². The molecule has 2 aromatic rings. The van der Waals surface area contributed by atoms with E-state index in [1.54, 1.807) is 32.9 Å². The number of anilines is 1. The minimum atomic E-state index is -0.796. The third-order valence-corrected chi connectivity index (χ3v) is 3.36. The summed E-state index contributed by atoms with van der Waals surface area (Å²) >= 11 is 5.84. The molecule has 1 heterocycles. The minimum absolute atomic E-state index is 0.103. The summed E-state index contributed by atoms with van der Waals surface area (Å²) in [5.41, 5.74) is -0.0517. The Hall–Kier alpha value is -2.47. The number of pyridine rings is 1. The van der Waals surface area contributed by atoms with Gasteiger partial charge in [-0.2, -0.15) is 4.39 Å². The fourth-order valence-corrected chi connectivity index (χ4v) is 2.12. The molecule has 2 rings (SSSR count). The van der Waals surface area contributed by atoms with Crippen LogP contribution in [0.2, 0.25) is 5.02 Å². The van der Waals surface area contributed by atoms with Crippen LogP contribution in [0.5, 0.6) is 0 Å². The van der Waals surface area contributed by atoms with Crippen molar-refractivity contribution in [3.63, 3.8) is 0 Å². The summed E-state index contributed by atoms with van der Waals surface area (Å²) in [6.07, 6.45) is 0. The van der Waals surface area contributed by atoms with E-state index in [0.29, 0.717) is 11.6 Å². The van der Waals surface area contributed by atoms with E-state index >= 15 is 0 Å². The second kappa shape index (κ2) is 12.9. The van der Waals surface area contributed by atoms with E-state index < -0.39 is 17.5 Å². The first kappa shape index (κ1) is 26.5. The Morgan fingerprint density at radius 1 is 1.10 bits per heavy atom. The minimum Gasteiger partial charge on any atom is -0.455 e. The van der Waals surface area contributed by atoms with Crippen molar-refractivity contribution in [2.24, 2.45) is 0 Å². The van der Waals surface area contributed by atoms with Gasteiger partial charge in [-0.05, 0) is 50.6 Å². The molecule has 0 bridgehead atoms. The Bertz CT molecular complexity index is 788. The van der Waals surface area contributed by atoms with Crippen LogP contribution in [0.4, 0.5) is 10.2 Å². The third kappa shape index (κ3) is 9.52. The Morgan fingerprint density at radius 3 is 2.17 bits per heavy atom. The van der Waals surface area contributed by atoms with Crippen molar-refractivity contribution in [3.8, 4) is 0 Å². The Morgan fingerprint density at radius 2 is 1.66 bits per heavy atom. The molecule has 0 saturated heterocycles. The highest BCUT2D eigenvalue weighted by Crippen LogP contribution is 2.18. The molecule has 160 valence electrons. The molecule has 0 saturated carbocycles. The van der Waals surface area contributed by atoms with Crippen LogP contribution in [-0.2, 0) is 16.1 Å². The van der Waals surface area contributed by atoms with Crippen LogP contribution in [-0.4, -0.2) is 22.3 Å². The van der Waals surface area contributed by atoms with Gasteiger partial charge in [0.15, 0.2) is 5.71 Å². The van der Waals surface area contributed by atoms with Gasteiger partial charge in [-0.15, -0.1) is 0 Å². The molecular formula is C22H31ClFN3O2. The number of nitrogens with zero attached hydrogens (tertiary/aromatic N) is 1. The summed E-state index contributed by atoms with van der Waals surface area (Å²) in [5, 5.41) is 11.6. The molecular weight excluding hydrogens is 393 g/mol. The average molecular weight is 424 g/mol. The first-order valence-electron chi connectivity index (χ1n) is 9.63. The number of carbonyl (C=O) groups is 1. The molecule has 0 amide bonds. The number of ether oxygens (including phenoxy) is 1. The number of carbonyl (C=O) groups excluding carboxylic acids is 1. The van der Waals surface area contributed by atoms with E-state index in [2.05, 4.69) is 10.3 Å². The van der Waals surface area contributed by atoms with E-state index in [1.165, 1.54) is 6.07 Å². The molecule has 29 heavy (non-hydrogen) atoms. The summed E-state index contributed by atoms with van der Waals surface area (Å²) in [5.74, 6) is -1.40. The van der Waals surface area contributed by atoms with Gasteiger partial charge in [0.25, 0.3) is 0 Å². The number of hydrogen-bond donors (Lipinski definition) is 2. The predicted molar refractivity (Wildman–Crippen MR) is 118 cm³/mol. The van der Waals surface area contributed by atoms with Crippen LogP contribution < -0.4 is 5.32 Å². The van der Waals surface area contributed by atoms with E-state index in [-0.39, 0.29) is 17.1 Å². The SMILES string of the molecule is CC.CC.CC(C)(C)OC(=O)C(=N)c1ccc(F)nc1NCc1ccc(Cl)cc1. The summed E-state index contributed by atoms with van der Waals surface area (Å²) in [7, 11) is 0. The second-order valence-electron chi connectivity index (χ2n) is 6.39. The summed E-state index contributed by atoms with van der Waals surface area (Å²) in [6, 6.07) is 9.53. The van der Waals surface area contributed by atoms with Crippen LogP contribution in [0.3, 0.4) is 0 Å². The Labute approximate surface area is 178 Å². The van der Waals surface area contributed by atoms with E-state index in [0.717, 1.165) is 11.6 Å². The summed E-state index contributed by atoms with van der Waals surface area (Å²) in [4.78, 5) is 15.9. The normalized spacial score (nSPS) is 9.97. The number of aromatic nitrogens is 1. The fourth-order valence-electron chi connectivity index (χ4n) is 2.00. The Balaban J connectivity index is 0.00000184. The van der Waals surface area contributed by atoms with Crippen LogP contribution in [0, 0.1) is 11.4 Å². The van der Waals surface area contributed by atoms with Crippen molar-refractivity contribution in [1.82, 2.24) is 4.98 Å². The van der Waals surface area contributed by atoms with E-state index in [4.69, 9.17) is 21.7 Å². The Kier molecular flexibility index (Phi) is 11.8. The molecule has 0 radical (unpaired) electrons. The van der Waals surface area contributed by atoms with E-state index in [9.17, 15) is 9.18 Å². The van der Waals surface area contributed by atoms with Gasteiger partial charge in [0, 0.05) is 17.1 Å². The van der Waals surface area contributed by atoms with Gasteiger partial charge in [0.05, 0.1) is 0 Å². The summed E-state index contributed by atoms with van der Waals surface area (Å²) in [6.45, 7) is 13.5. The lowest BCUT2D eigenvalue weighted by Gasteiger charge is -2.20. The zero-order valence-corrected chi connectivity index (χ0v) is 18.9. The number of hydrogen-bond acceptors (Lipinski definition) is 5. The van der Waals surface area contributed by atoms with Crippen molar-refractivity contribution in [2.75, 3.05) is 5.32 Å². The lowest BCUT2D eigenvalue weighted by Crippen LogP contribution is -2.29. The number of nitrogens with one attached hydrogen (secondary N) is 2. The highest BCUT2D eigenvalue weighted by atomic mass is 35.5. The number of benzene rings is 1. The molecule has 2 N–H and O–H groups in total. The third-order valence-electron chi connectivity index (χ3n) is 3.11. The molecule has 0 spiro atoms. The fraction of sp³-hybridized carbons (Fsp3) is 0.409. The van der Waals surface area contributed by atoms with Gasteiger partial charge in [-0.25, -0.2) is 9.78 Å². The van der Waals surface area contributed by atoms with Crippen LogP contribution in [0.25, 0.3) is 0 Å². The van der Waals surface area contributed by atoms with Gasteiger partial charge in [0.2, 0.25) is 5.95 Å². The second-order valence-corrected chi connectivity index (χ2v) is 6.82. The van der Waals surface area contributed by atoms with Crippen LogP contribution in [0.15, 0.2) is 36.4 Å². The molecule has 0 aliphatic carbocycles. The van der Waals surface area contributed by atoms with E-state index in [1.807, 2.05) is 39.8 Å². The largest absolute Gasteiger partial charge is 0.455 e. The molecule has 0 atom stereocenters. The molecule has 0 unspecified atom stereocenters. The topological polar surface area (TPSA) is 75.1 Å². The standard InChI is InChI=1S/C18H19ClFN3O2.2C2H6/c1-18(2,3)25-17(24)15(21)13-8-9-14(20)23-16(13)22-10-11-4-6-12(19)7-5-11;2*1-2/h4-9,21H,10H2,1-3H3,(H,22,23);2*1-2H3. The molecule has 1 aromatic heterocycles. The maximum Gasteiger partial charge on any atom is 0.357 e. The first-order valence-corrected chi connectivity index (χ1v) is 10.0. The van der Waals surface area contributed by atoms with Crippen molar-refractivity contribution in [1.29, 1.82) is 5.41 Å². The first-order chi connectivity index (χ1) is 13.7. The quantitative estimate of drug-likeness (QED) is 0.338. The number of esters is 1. The van der Waals surface area contributed by atoms with Crippen molar-refractivity contribution >= 4 is 29.1 Å². The zero-order valence-electron chi connectivity index (χ0n) is 18.2. The molecule has 0 fully saturated rings. The van der Waals surface area contributed by atoms with Crippen LogP contribution >= 0.6 is 11.6 Å². The van der Waals surface area contributed by atoms with Crippen molar-refractivity contribution in [3.05, 3.63) is 58.5 Å². The predicted octanol–water partition coefficient (Wildman–Crippen LogP) is 6.25. The molecule has 0 aliphatic heterocycles. The van der Waals surface area contributed by atoms with Gasteiger partial charge >= 0.3 is 5.97 Å². The van der Waals surface area contributed by atoms with Crippen LogP contribution in [0.1, 0.15) is 59.6 Å². The molecule has 5 nitrogen and oxygen atoms in total. The molecule has 7 heteroatoms. The number of halogens is 2.